The molecule has 3 N–H and O–H groups in total. The zero-order valence-electron chi connectivity index (χ0n) is 19.0. The van der Waals surface area contributed by atoms with Gasteiger partial charge in [0.05, 0.1) is 6.61 Å². The lowest BCUT2D eigenvalue weighted by molar-refractivity contribution is -0.121. The molecule has 8 heteroatoms. The van der Waals surface area contributed by atoms with Gasteiger partial charge in [-0.05, 0) is 44.7 Å². The number of carbonyl (C=O) groups is 1. The maximum Gasteiger partial charge on any atom is 0.220 e. The molecule has 1 unspecified atom stereocenters. The molecule has 1 fully saturated rings. The van der Waals surface area contributed by atoms with Crippen molar-refractivity contribution in [3.8, 4) is 11.5 Å². The Hall–Kier alpha value is -1.71. The van der Waals surface area contributed by atoms with Gasteiger partial charge in [-0.15, -0.1) is 24.0 Å². The van der Waals surface area contributed by atoms with Gasteiger partial charge in [-0.1, -0.05) is 12.8 Å². The highest BCUT2D eigenvalue weighted by molar-refractivity contribution is 14.0. The fraction of sp³-hybridized carbons (Fsp3) is 0.652. The number of halogens is 1. The van der Waals surface area contributed by atoms with Crippen LogP contribution < -0.4 is 25.4 Å². The maximum absolute atomic E-state index is 12.0. The lowest BCUT2D eigenvalue weighted by Crippen LogP contribution is -2.41. The van der Waals surface area contributed by atoms with Crippen molar-refractivity contribution in [1.82, 2.24) is 16.0 Å². The second-order valence-corrected chi connectivity index (χ2v) is 8.19. The van der Waals surface area contributed by atoms with Gasteiger partial charge in [0.2, 0.25) is 5.91 Å². The van der Waals surface area contributed by atoms with Crippen LogP contribution in [0.4, 0.5) is 0 Å². The van der Waals surface area contributed by atoms with E-state index in [1.807, 2.05) is 6.92 Å². The SMILES string of the molecule is CCOc1cc2c(cc1CNC(=NC)NCCNC(=O)CC1CCCC1)OC(C)C2.I. The third-order valence-corrected chi connectivity index (χ3v) is 5.74. The van der Waals surface area contributed by atoms with E-state index < -0.39 is 0 Å². The van der Waals surface area contributed by atoms with Gasteiger partial charge < -0.3 is 25.4 Å². The van der Waals surface area contributed by atoms with Gasteiger partial charge in [0.25, 0.3) is 0 Å². The summed E-state index contributed by atoms with van der Waals surface area (Å²) in [5.74, 6) is 3.25. The number of rotatable bonds is 9. The van der Waals surface area contributed by atoms with Crippen LogP contribution in [0.3, 0.4) is 0 Å². The number of hydrogen-bond donors (Lipinski definition) is 3. The van der Waals surface area contributed by atoms with Crippen molar-refractivity contribution in [3.63, 3.8) is 0 Å². The highest BCUT2D eigenvalue weighted by Crippen LogP contribution is 2.35. The Bertz CT molecular complexity index is 751. The lowest BCUT2D eigenvalue weighted by atomic mass is 10.0. The van der Waals surface area contributed by atoms with Crippen molar-refractivity contribution >= 4 is 35.8 Å². The molecule has 1 aromatic carbocycles. The van der Waals surface area contributed by atoms with Gasteiger partial charge in [0.1, 0.15) is 17.6 Å². The number of guanidine groups is 1. The van der Waals surface area contributed by atoms with Gasteiger partial charge in [0.15, 0.2) is 5.96 Å². The van der Waals surface area contributed by atoms with Crippen LogP contribution in [0.2, 0.25) is 0 Å². The van der Waals surface area contributed by atoms with E-state index in [4.69, 9.17) is 9.47 Å². The molecule has 1 amide bonds. The highest BCUT2D eigenvalue weighted by atomic mass is 127. The van der Waals surface area contributed by atoms with E-state index in [1.54, 1.807) is 7.05 Å². The van der Waals surface area contributed by atoms with Crippen LogP contribution in [0, 0.1) is 5.92 Å². The normalized spacial score (nSPS) is 18.0. The minimum atomic E-state index is 0. The quantitative estimate of drug-likeness (QED) is 0.192. The Morgan fingerprint density at radius 2 is 1.94 bits per heavy atom. The zero-order valence-corrected chi connectivity index (χ0v) is 21.3. The molecule has 174 valence electrons. The molecule has 3 rings (SSSR count). The number of carbonyl (C=O) groups excluding carboxylic acids is 1. The van der Waals surface area contributed by atoms with Crippen LogP contribution in [0.15, 0.2) is 17.1 Å². The third kappa shape index (κ3) is 7.73. The van der Waals surface area contributed by atoms with Crippen molar-refractivity contribution in [2.75, 3.05) is 26.7 Å². The van der Waals surface area contributed by atoms with Crippen LogP contribution in [-0.4, -0.2) is 44.7 Å². The summed E-state index contributed by atoms with van der Waals surface area (Å²) in [7, 11) is 1.74. The second-order valence-electron chi connectivity index (χ2n) is 8.19. The first-order valence-electron chi connectivity index (χ1n) is 11.3. The molecule has 1 heterocycles. The van der Waals surface area contributed by atoms with E-state index in [2.05, 4.69) is 40.0 Å². The number of amides is 1. The minimum absolute atomic E-state index is 0. The highest BCUT2D eigenvalue weighted by Gasteiger charge is 2.22. The fourth-order valence-electron chi connectivity index (χ4n) is 4.24. The van der Waals surface area contributed by atoms with E-state index in [9.17, 15) is 4.79 Å². The molecule has 31 heavy (non-hydrogen) atoms. The predicted molar refractivity (Wildman–Crippen MR) is 135 cm³/mol. The monoisotopic (exact) mass is 544 g/mol. The summed E-state index contributed by atoms with van der Waals surface area (Å²) in [4.78, 5) is 16.3. The Balaban J connectivity index is 0.00000341. The van der Waals surface area contributed by atoms with Crippen LogP contribution in [0.5, 0.6) is 11.5 Å². The van der Waals surface area contributed by atoms with Crippen molar-refractivity contribution in [1.29, 1.82) is 0 Å². The van der Waals surface area contributed by atoms with Crippen molar-refractivity contribution in [2.45, 2.75) is 65.0 Å². The largest absolute Gasteiger partial charge is 0.494 e. The molecule has 0 spiro atoms. The zero-order chi connectivity index (χ0) is 21.3. The first kappa shape index (κ1) is 25.5. The summed E-state index contributed by atoms with van der Waals surface area (Å²) in [6, 6.07) is 4.16. The molecule has 1 aliphatic carbocycles. The van der Waals surface area contributed by atoms with Crippen molar-refractivity contribution in [3.05, 3.63) is 23.3 Å². The van der Waals surface area contributed by atoms with E-state index in [-0.39, 0.29) is 36.0 Å². The first-order valence-corrected chi connectivity index (χ1v) is 11.3. The van der Waals surface area contributed by atoms with Gasteiger partial charge >= 0.3 is 0 Å². The molecule has 0 bridgehead atoms. The van der Waals surface area contributed by atoms with Gasteiger partial charge in [-0.25, -0.2) is 0 Å². The third-order valence-electron chi connectivity index (χ3n) is 5.74. The second kappa shape index (κ2) is 13.0. The van der Waals surface area contributed by atoms with Crippen LogP contribution in [-0.2, 0) is 17.8 Å². The van der Waals surface area contributed by atoms with Gasteiger partial charge in [-0.3, -0.25) is 9.79 Å². The predicted octanol–water partition coefficient (Wildman–Crippen LogP) is 3.39. The standard InChI is InChI=1S/C23H36N4O3.HI/c1-4-29-20-13-18-11-16(2)30-21(18)14-19(20)15-27-23(24-3)26-10-9-25-22(28)12-17-7-5-6-8-17;/h13-14,16-17H,4-12,15H2,1-3H3,(H,25,28)(H2,24,26,27);1H. The molecular weight excluding hydrogens is 507 g/mol. The molecule has 1 saturated carbocycles. The first-order chi connectivity index (χ1) is 14.6. The number of benzene rings is 1. The molecule has 1 atom stereocenters. The summed E-state index contributed by atoms with van der Waals surface area (Å²) in [5.41, 5.74) is 2.24. The maximum atomic E-state index is 12.0. The number of fused-ring (bicyclic) bond motifs is 1. The molecule has 1 aromatic rings. The van der Waals surface area contributed by atoms with Gasteiger partial charge in [-0.2, -0.15) is 0 Å². The van der Waals surface area contributed by atoms with Gasteiger partial charge in [0, 0.05) is 50.7 Å². The van der Waals surface area contributed by atoms with Crippen LogP contribution in [0.1, 0.15) is 57.1 Å². The Morgan fingerprint density at radius 1 is 1.19 bits per heavy atom. The van der Waals surface area contributed by atoms with E-state index >= 15 is 0 Å². The molecular formula is C23H37IN4O3. The van der Waals surface area contributed by atoms with Crippen molar-refractivity contribution in [2.24, 2.45) is 10.9 Å². The van der Waals surface area contributed by atoms with E-state index in [1.165, 1.54) is 31.2 Å². The lowest BCUT2D eigenvalue weighted by Gasteiger charge is -2.16. The molecule has 0 radical (unpaired) electrons. The number of hydrogen-bond acceptors (Lipinski definition) is 4. The molecule has 7 nitrogen and oxygen atoms in total. The smallest absolute Gasteiger partial charge is 0.220 e. The molecule has 0 aromatic heterocycles. The van der Waals surface area contributed by atoms with E-state index in [0.29, 0.717) is 44.5 Å². The summed E-state index contributed by atoms with van der Waals surface area (Å²) >= 11 is 0. The molecule has 1 aliphatic heterocycles. The minimum Gasteiger partial charge on any atom is -0.494 e. The fourth-order valence-corrected chi connectivity index (χ4v) is 4.24. The Kier molecular flexibility index (Phi) is 10.7. The Labute approximate surface area is 203 Å². The average molecular weight is 544 g/mol. The number of aliphatic imine (C=N–C) groups is 1. The summed E-state index contributed by atoms with van der Waals surface area (Å²) < 4.78 is 11.7. The van der Waals surface area contributed by atoms with Crippen molar-refractivity contribution < 1.29 is 14.3 Å². The summed E-state index contributed by atoms with van der Waals surface area (Å²) in [5, 5.41) is 9.58. The Morgan fingerprint density at radius 3 is 2.65 bits per heavy atom. The molecule has 0 saturated heterocycles. The number of ether oxygens (including phenoxy) is 2. The average Bonchev–Trinajstić information content (AvgIpc) is 3.35. The van der Waals surface area contributed by atoms with Crippen LogP contribution in [0.25, 0.3) is 0 Å². The summed E-state index contributed by atoms with van der Waals surface area (Å²) in [6.45, 7) is 6.48. The summed E-state index contributed by atoms with van der Waals surface area (Å²) in [6.07, 6.45) is 6.70. The van der Waals surface area contributed by atoms with Crippen LogP contribution >= 0.6 is 24.0 Å². The molecule has 2 aliphatic rings. The van der Waals surface area contributed by atoms with E-state index in [0.717, 1.165) is 23.5 Å². The topological polar surface area (TPSA) is 84.0 Å². The number of nitrogens with zero attached hydrogens (tertiary/aromatic N) is 1. The number of nitrogens with one attached hydrogen (secondary N) is 3.